The Labute approximate surface area is 96.4 Å². The maximum Gasteiger partial charge on any atom is 0.0931 e. The van der Waals surface area contributed by atoms with Crippen LogP contribution in [0.15, 0.2) is 30.0 Å². The average Bonchev–Trinajstić information content (AvgIpc) is 2.30. The van der Waals surface area contributed by atoms with Crippen molar-refractivity contribution in [2.45, 2.75) is 26.4 Å². The van der Waals surface area contributed by atoms with Gasteiger partial charge in [-0.15, -0.1) is 0 Å². The van der Waals surface area contributed by atoms with Gasteiger partial charge in [-0.25, -0.2) is 0 Å². The molecule has 3 heteroatoms. The van der Waals surface area contributed by atoms with E-state index in [2.05, 4.69) is 22.9 Å². The molecule has 86 valence electrons. The minimum atomic E-state index is -0.488. The fourth-order valence-corrected chi connectivity index (χ4v) is 1.84. The lowest BCUT2D eigenvalue weighted by Crippen LogP contribution is -2.28. The fourth-order valence-electron chi connectivity index (χ4n) is 1.84. The zero-order valence-electron chi connectivity index (χ0n) is 9.85. The third kappa shape index (κ3) is 2.42. The van der Waals surface area contributed by atoms with Gasteiger partial charge in [-0.05, 0) is 32.4 Å². The Kier molecular flexibility index (Phi) is 3.25. The molecule has 0 bridgehead atoms. The Morgan fingerprint density at radius 3 is 2.75 bits per heavy atom. The van der Waals surface area contributed by atoms with Crippen molar-refractivity contribution in [3.05, 3.63) is 35.7 Å². The monoisotopic (exact) mass is 218 g/mol. The predicted molar refractivity (Wildman–Crippen MR) is 65.5 cm³/mol. The molecule has 0 saturated heterocycles. The first-order valence-corrected chi connectivity index (χ1v) is 5.71. The summed E-state index contributed by atoms with van der Waals surface area (Å²) in [4.78, 5) is 6.56. The van der Waals surface area contributed by atoms with Gasteiger partial charge in [0, 0.05) is 13.1 Å². The van der Waals surface area contributed by atoms with Crippen LogP contribution in [0.4, 0.5) is 5.69 Å². The zero-order chi connectivity index (χ0) is 11.5. The Hall–Kier alpha value is -1.35. The van der Waals surface area contributed by atoms with Crippen LogP contribution < -0.4 is 4.90 Å². The molecule has 1 N–H and O–H groups in total. The zero-order valence-corrected chi connectivity index (χ0v) is 9.85. The SMILES string of the molecule is CC1=CCN(c2ccc(C(C)O)nc2)CC1. The molecule has 16 heavy (non-hydrogen) atoms. The van der Waals surface area contributed by atoms with E-state index in [-0.39, 0.29) is 0 Å². The molecule has 3 nitrogen and oxygen atoms in total. The number of aliphatic hydroxyl groups is 1. The van der Waals surface area contributed by atoms with Gasteiger partial charge in [0.1, 0.15) is 0 Å². The second-order valence-corrected chi connectivity index (χ2v) is 4.36. The van der Waals surface area contributed by atoms with Gasteiger partial charge in [0.15, 0.2) is 0 Å². The van der Waals surface area contributed by atoms with Crippen LogP contribution >= 0.6 is 0 Å². The molecular weight excluding hydrogens is 200 g/mol. The number of nitrogens with zero attached hydrogens (tertiary/aromatic N) is 2. The summed E-state index contributed by atoms with van der Waals surface area (Å²) in [7, 11) is 0. The van der Waals surface area contributed by atoms with Gasteiger partial charge in [0.2, 0.25) is 0 Å². The molecule has 0 fully saturated rings. The van der Waals surface area contributed by atoms with Crippen LogP contribution in [0.3, 0.4) is 0 Å². The third-order valence-electron chi connectivity index (χ3n) is 3.00. The number of hydrogen-bond donors (Lipinski definition) is 1. The molecule has 1 aromatic heterocycles. The van der Waals surface area contributed by atoms with Crippen molar-refractivity contribution in [2.75, 3.05) is 18.0 Å². The molecule has 0 spiro atoms. The van der Waals surface area contributed by atoms with E-state index in [4.69, 9.17) is 0 Å². The summed E-state index contributed by atoms with van der Waals surface area (Å²) in [5, 5.41) is 9.37. The van der Waals surface area contributed by atoms with Crippen molar-refractivity contribution < 1.29 is 5.11 Å². The molecule has 1 aliphatic heterocycles. The highest BCUT2D eigenvalue weighted by Crippen LogP contribution is 2.20. The van der Waals surface area contributed by atoms with Gasteiger partial charge in [-0.1, -0.05) is 11.6 Å². The molecule has 0 saturated carbocycles. The first-order chi connectivity index (χ1) is 7.66. The van der Waals surface area contributed by atoms with Crippen LogP contribution in [-0.2, 0) is 0 Å². The van der Waals surface area contributed by atoms with Gasteiger partial charge >= 0.3 is 0 Å². The molecule has 0 radical (unpaired) electrons. The van der Waals surface area contributed by atoms with Crippen LogP contribution in [0, 0.1) is 0 Å². The lowest BCUT2D eigenvalue weighted by atomic mass is 10.1. The van der Waals surface area contributed by atoms with E-state index in [1.54, 1.807) is 6.92 Å². The number of aliphatic hydroxyl groups excluding tert-OH is 1. The largest absolute Gasteiger partial charge is 0.387 e. The maximum atomic E-state index is 9.37. The summed E-state index contributed by atoms with van der Waals surface area (Å²) in [6.45, 7) is 5.92. The van der Waals surface area contributed by atoms with Crippen LogP contribution in [0.2, 0.25) is 0 Å². The van der Waals surface area contributed by atoms with E-state index in [0.29, 0.717) is 0 Å². The molecule has 2 heterocycles. The smallest absolute Gasteiger partial charge is 0.0931 e. The van der Waals surface area contributed by atoms with Crippen LogP contribution in [-0.4, -0.2) is 23.2 Å². The number of pyridine rings is 1. The van der Waals surface area contributed by atoms with E-state index in [1.165, 1.54) is 5.57 Å². The van der Waals surface area contributed by atoms with Crippen molar-refractivity contribution in [3.63, 3.8) is 0 Å². The standard InChI is InChI=1S/C13H18N2O/c1-10-5-7-15(8-6-10)12-3-4-13(11(2)16)14-9-12/h3-5,9,11,16H,6-8H2,1-2H3. The van der Waals surface area contributed by atoms with Crippen LogP contribution in [0.1, 0.15) is 32.1 Å². The number of hydrogen-bond acceptors (Lipinski definition) is 3. The Morgan fingerprint density at radius 2 is 2.25 bits per heavy atom. The summed E-state index contributed by atoms with van der Waals surface area (Å²) in [5.74, 6) is 0. The van der Waals surface area contributed by atoms with Crippen molar-refractivity contribution in [3.8, 4) is 0 Å². The number of rotatable bonds is 2. The summed E-state index contributed by atoms with van der Waals surface area (Å²) < 4.78 is 0. The minimum absolute atomic E-state index is 0.488. The molecule has 0 aromatic carbocycles. The highest BCUT2D eigenvalue weighted by atomic mass is 16.3. The Balaban J connectivity index is 2.10. The first kappa shape index (κ1) is 11.1. The van der Waals surface area contributed by atoms with Gasteiger partial charge in [-0.2, -0.15) is 0 Å². The number of aromatic nitrogens is 1. The second kappa shape index (κ2) is 4.66. The van der Waals surface area contributed by atoms with Gasteiger partial charge < -0.3 is 10.0 Å². The molecule has 1 atom stereocenters. The normalized spacial score (nSPS) is 18.2. The van der Waals surface area contributed by atoms with Gasteiger partial charge in [-0.3, -0.25) is 4.98 Å². The molecule has 1 unspecified atom stereocenters. The second-order valence-electron chi connectivity index (χ2n) is 4.36. The molecule has 0 amide bonds. The highest BCUT2D eigenvalue weighted by Gasteiger charge is 2.10. The van der Waals surface area contributed by atoms with Gasteiger partial charge in [0.25, 0.3) is 0 Å². The van der Waals surface area contributed by atoms with Crippen molar-refractivity contribution in [2.24, 2.45) is 0 Å². The van der Waals surface area contributed by atoms with Crippen molar-refractivity contribution in [1.82, 2.24) is 4.98 Å². The van der Waals surface area contributed by atoms with E-state index < -0.39 is 6.10 Å². The number of anilines is 1. The topological polar surface area (TPSA) is 36.4 Å². The summed E-state index contributed by atoms with van der Waals surface area (Å²) in [5.41, 5.74) is 3.32. The van der Waals surface area contributed by atoms with Crippen LogP contribution in [0.5, 0.6) is 0 Å². The minimum Gasteiger partial charge on any atom is -0.387 e. The summed E-state index contributed by atoms with van der Waals surface area (Å²) in [6.07, 6.45) is 4.73. The van der Waals surface area contributed by atoms with Crippen LogP contribution in [0.25, 0.3) is 0 Å². The molecular formula is C13H18N2O. The highest BCUT2D eigenvalue weighted by molar-refractivity contribution is 5.46. The van der Waals surface area contributed by atoms with Gasteiger partial charge in [0.05, 0.1) is 23.7 Å². The maximum absolute atomic E-state index is 9.37. The Morgan fingerprint density at radius 1 is 1.44 bits per heavy atom. The molecule has 0 aliphatic carbocycles. The van der Waals surface area contributed by atoms with E-state index in [1.807, 2.05) is 18.3 Å². The van der Waals surface area contributed by atoms with E-state index in [9.17, 15) is 5.11 Å². The Bertz CT molecular complexity index is 381. The molecule has 1 aromatic rings. The molecule has 1 aliphatic rings. The summed E-state index contributed by atoms with van der Waals surface area (Å²) >= 11 is 0. The lowest BCUT2D eigenvalue weighted by molar-refractivity contribution is 0.194. The average molecular weight is 218 g/mol. The fraction of sp³-hybridized carbons (Fsp3) is 0.462. The van der Waals surface area contributed by atoms with E-state index >= 15 is 0 Å². The lowest BCUT2D eigenvalue weighted by Gasteiger charge is -2.27. The predicted octanol–water partition coefficient (Wildman–Crippen LogP) is 2.29. The quantitative estimate of drug-likeness (QED) is 0.774. The third-order valence-corrected chi connectivity index (χ3v) is 3.00. The summed E-state index contributed by atoms with van der Waals surface area (Å²) in [6, 6.07) is 3.93. The van der Waals surface area contributed by atoms with Crippen molar-refractivity contribution >= 4 is 5.69 Å². The molecule has 2 rings (SSSR count). The first-order valence-electron chi connectivity index (χ1n) is 5.71. The van der Waals surface area contributed by atoms with Crippen molar-refractivity contribution in [1.29, 1.82) is 0 Å². The van der Waals surface area contributed by atoms with E-state index in [0.717, 1.165) is 30.9 Å².